The second-order valence-corrected chi connectivity index (χ2v) is 4.74. The van der Waals surface area contributed by atoms with Crippen molar-refractivity contribution in [3.05, 3.63) is 0 Å². The average Bonchev–Trinajstić information content (AvgIpc) is 2.59. The summed E-state index contributed by atoms with van der Waals surface area (Å²) in [6.07, 6.45) is -0.776. The van der Waals surface area contributed by atoms with Crippen LogP contribution in [-0.2, 0) is 9.57 Å². The highest BCUT2D eigenvalue weighted by Gasteiger charge is 2.48. The molecule has 2 heterocycles. The number of hydrogen-bond donors (Lipinski definition) is 3. The molecule has 5 N–H and O–H groups in total. The van der Waals surface area contributed by atoms with E-state index in [0.29, 0.717) is 5.17 Å². The monoisotopic (exact) mass is 233 g/mol. The summed E-state index contributed by atoms with van der Waals surface area (Å²) in [6, 6.07) is -0.369. The van der Waals surface area contributed by atoms with E-state index in [4.69, 9.17) is 21.2 Å². The minimum absolute atomic E-state index is 0.208. The molecule has 15 heavy (non-hydrogen) atoms. The maximum Gasteiger partial charge on any atom is 0.157 e. The van der Waals surface area contributed by atoms with Gasteiger partial charge in [-0.2, -0.15) is 0 Å². The maximum atomic E-state index is 10.00. The van der Waals surface area contributed by atoms with Gasteiger partial charge >= 0.3 is 0 Å². The molecular weight excluding hydrogens is 218 g/mol. The Morgan fingerprint density at radius 1 is 1.67 bits per heavy atom. The first-order valence-electron chi connectivity index (χ1n) is 4.86. The summed E-state index contributed by atoms with van der Waals surface area (Å²) < 4.78 is 5.71. The van der Waals surface area contributed by atoms with Crippen LogP contribution >= 0.6 is 11.8 Å². The van der Waals surface area contributed by atoms with Crippen molar-refractivity contribution in [1.82, 2.24) is 0 Å². The lowest BCUT2D eigenvalue weighted by molar-refractivity contribution is -0.177. The summed E-state index contributed by atoms with van der Waals surface area (Å²) in [7, 11) is 0. The molecule has 0 aromatic rings. The van der Waals surface area contributed by atoms with E-state index in [2.05, 4.69) is 4.99 Å². The van der Waals surface area contributed by atoms with Crippen molar-refractivity contribution in [2.24, 2.45) is 16.6 Å². The van der Waals surface area contributed by atoms with Gasteiger partial charge in [-0.3, -0.25) is 9.83 Å². The van der Waals surface area contributed by atoms with Gasteiger partial charge in [-0.15, -0.1) is 0 Å². The predicted octanol–water partition coefficient (Wildman–Crippen LogP) is -0.829. The number of rotatable bonds is 2. The lowest BCUT2D eigenvalue weighted by atomic mass is 9.97. The van der Waals surface area contributed by atoms with Crippen LogP contribution in [0.15, 0.2) is 4.99 Å². The van der Waals surface area contributed by atoms with Crippen molar-refractivity contribution in [3.63, 3.8) is 0 Å². The fourth-order valence-corrected chi connectivity index (χ4v) is 2.91. The predicted molar refractivity (Wildman–Crippen MR) is 57.0 cm³/mol. The number of aliphatic imine (C=N–C) groups is 1. The van der Waals surface area contributed by atoms with Crippen LogP contribution in [0.25, 0.3) is 0 Å². The van der Waals surface area contributed by atoms with E-state index >= 15 is 0 Å². The van der Waals surface area contributed by atoms with E-state index in [1.54, 1.807) is 0 Å². The summed E-state index contributed by atoms with van der Waals surface area (Å²) in [5, 5.41) is 10.4. The van der Waals surface area contributed by atoms with E-state index in [9.17, 15) is 5.11 Å². The zero-order valence-corrected chi connectivity index (χ0v) is 9.18. The number of thioether (sulfide) groups is 1. The lowest BCUT2D eigenvalue weighted by Gasteiger charge is -2.39. The van der Waals surface area contributed by atoms with Gasteiger partial charge in [0.2, 0.25) is 0 Å². The third kappa shape index (κ3) is 1.85. The Labute approximate surface area is 92.0 Å². The zero-order valence-electron chi connectivity index (χ0n) is 8.37. The van der Waals surface area contributed by atoms with Gasteiger partial charge in [0, 0.05) is 0 Å². The molecule has 0 bridgehead atoms. The Morgan fingerprint density at radius 3 is 3.00 bits per heavy atom. The molecule has 0 aromatic carbocycles. The number of amidine groups is 1. The summed E-state index contributed by atoms with van der Waals surface area (Å²) in [5.74, 6) is 5.15. The molecule has 2 aliphatic rings. The van der Waals surface area contributed by atoms with Gasteiger partial charge in [0.15, 0.2) is 5.17 Å². The van der Waals surface area contributed by atoms with Crippen molar-refractivity contribution in [2.45, 2.75) is 43.1 Å². The number of aliphatic hydroxyl groups excluding tert-OH is 1. The molecule has 7 heteroatoms. The SMILES string of the molecule is CC[C@H]1O[C@@H]2SC(N)=N[C@@H]2[C@@H](O)[C@@H]1ON. The largest absolute Gasteiger partial charge is 0.388 e. The second-order valence-electron chi connectivity index (χ2n) is 3.62. The molecule has 0 spiro atoms. The van der Waals surface area contributed by atoms with Gasteiger partial charge in [-0.1, -0.05) is 18.7 Å². The number of aliphatic hydroxyl groups is 1. The number of nitrogens with zero attached hydrogens (tertiary/aromatic N) is 1. The van der Waals surface area contributed by atoms with Gasteiger partial charge in [0.25, 0.3) is 0 Å². The van der Waals surface area contributed by atoms with Gasteiger partial charge in [0.1, 0.15) is 23.7 Å². The topological polar surface area (TPSA) is 103 Å². The average molecular weight is 233 g/mol. The molecule has 5 atom stereocenters. The molecule has 0 amide bonds. The fraction of sp³-hybridized carbons (Fsp3) is 0.875. The van der Waals surface area contributed by atoms with Crippen molar-refractivity contribution in [3.8, 4) is 0 Å². The minimum atomic E-state index is -0.757. The number of ether oxygens (including phenoxy) is 1. The van der Waals surface area contributed by atoms with Crippen LogP contribution in [0.4, 0.5) is 0 Å². The molecule has 0 unspecified atom stereocenters. The summed E-state index contributed by atoms with van der Waals surface area (Å²) in [5.41, 5.74) is 5.37. The highest BCUT2D eigenvalue weighted by atomic mass is 32.2. The van der Waals surface area contributed by atoms with Crippen molar-refractivity contribution in [2.75, 3.05) is 0 Å². The van der Waals surface area contributed by atoms with Crippen LogP contribution in [0.5, 0.6) is 0 Å². The van der Waals surface area contributed by atoms with Gasteiger partial charge in [0.05, 0.1) is 6.10 Å². The highest BCUT2D eigenvalue weighted by molar-refractivity contribution is 8.14. The van der Waals surface area contributed by atoms with Crippen LogP contribution in [0, 0.1) is 0 Å². The Morgan fingerprint density at radius 2 is 2.40 bits per heavy atom. The molecule has 2 aliphatic heterocycles. The lowest BCUT2D eigenvalue weighted by Crippen LogP contribution is -2.56. The van der Waals surface area contributed by atoms with Crippen LogP contribution in [-0.4, -0.2) is 40.1 Å². The van der Waals surface area contributed by atoms with Crippen LogP contribution in [0.2, 0.25) is 0 Å². The molecule has 86 valence electrons. The molecular formula is C8H15N3O3S. The fourth-order valence-electron chi connectivity index (χ4n) is 1.93. The van der Waals surface area contributed by atoms with Crippen LogP contribution in [0.3, 0.4) is 0 Å². The van der Waals surface area contributed by atoms with Crippen molar-refractivity contribution < 1.29 is 14.7 Å². The number of fused-ring (bicyclic) bond motifs is 1. The molecule has 2 rings (SSSR count). The van der Waals surface area contributed by atoms with E-state index in [1.807, 2.05) is 6.92 Å². The summed E-state index contributed by atoms with van der Waals surface area (Å²) >= 11 is 1.33. The summed E-state index contributed by atoms with van der Waals surface area (Å²) in [4.78, 5) is 8.86. The Hall–Kier alpha value is -0.340. The van der Waals surface area contributed by atoms with E-state index < -0.39 is 12.2 Å². The molecule has 6 nitrogen and oxygen atoms in total. The third-order valence-electron chi connectivity index (χ3n) is 2.71. The van der Waals surface area contributed by atoms with Crippen LogP contribution in [0.1, 0.15) is 13.3 Å². The Balaban J connectivity index is 2.16. The van der Waals surface area contributed by atoms with Gasteiger partial charge in [-0.25, -0.2) is 5.90 Å². The van der Waals surface area contributed by atoms with Crippen LogP contribution < -0.4 is 11.6 Å². The van der Waals surface area contributed by atoms with E-state index in [1.165, 1.54) is 11.8 Å². The quantitative estimate of drug-likeness (QED) is 0.538. The van der Waals surface area contributed by atoms with Crippen molar-refractivity contribution >= 4 is 16.9 Å². The Bertz CT molecular complexity index is 276. The van der Waals surface area contributed by atoms with Gasteiger partial charge < -0.3 is 15.6 Å². The highest BCUT2D eigenvalue weighted by Crippen LogP contribution is 2.36. The van der Waals surface area contributed by atoms with Crippen molar-refractivity contribution in [1.29, 1.82) is 0 Å². The molecule has 1 fully saturated rings. The normalized spacial score (nSPS) is 45.0. The first-order chi connectivity index (χ1) is 7.17. The molecule has 1 saturated heterocycles. The first kappa shape index (κ1) is 11.2. The molecule has 0 aromatic heterocycles. The summed E-state index contributed by atoms with van der Waals surface area (Å²) in [6.45, 7) is 1.95. The Kier molecular flexibility index (Phi) is 3.17. The number of hydrogen-bond acceptors (Lipinski definition) is 7. The standard InChI is InChI=1S/C8H15N3O3S/c1-2-3-6(14-10)5(12)4-7(13-3)15-8(9)11-4/h3-7,12H,2,10H2,1H3,(H2,9,11)/t3-,4-,5-,6-,7-/m1/s1. The maximum absolute atomic E-state index is 10.00. The number of nitrogens with two attached hydrogens (primary N) is 2. The van der Waals surface area contributed by atoms with Gasteiger partial charge in [-0.05, 0) is 6.42 Å². The van der Waals surface area contributed by atoms with E-state index in [-0.39, 0.29) is 17.6 Å². The second kappa shape index (κ2) is 4.26. The molecule has 0 radical (unpaired) electrons. The minimum Gasteiger partial charge on any atom is -0.388 e. The first-order valence-corrected chi connectivity index (χ1v) is 5.74. The molecule has 0 aliphatic carbocycles. The third-order valence-corrected chi connectivity index (χ3v) is 3.68. The molecule has 0 saturated carbocycles. The van der Waals surface area contributed by atoms with E-state index in [0.717, 1.165) is 6.42 Å². The zero-order chi connectivity index (χ0) is 11.0. The smallest absolute Gasteiger partial charge is 0.157 e.